The monoisotopic (exact) mass is 265 g/mol. The second kappa shape index (κ2) is 7.48. The topological polar surface area (TPSA) is 84.3 Å². The van der Waals surface area contributed by atoms with Crippen molar-refractivity contribution in [2.75, 3.05) is 20.1 Å². The lowest BCUT2D eigenvalue weighted by atomic mass is 10.1. The minimum Gasteiger partial charge on any atom is -0.355 e. The molecule has 0 spiro atoms. The van der Waals surface area contributed by atoms with Gasteiger partial charge in [0.05, 0.1) is 11.3 Å². The van der Waals surface area contributed by atoms with Crippen LogP contribution in [0, 0.1) is 16.0 Å². The molecule has 6 heteroatoms. The first kappa shape index (κ1) is 15.1. The van der Waals surface area contributed by atoms with Gasteiger partial charge in [-0.3, -0.25) is 14.9 Å². The van der Waals surface area contributed by atoms with Crippen LogP contribution in [0.1, 0.15) is 12.5 Å². The third-order valence-electron chi connectivity index (χ3n) is 2.71. The maximum Gasteiger partial charge on any atom is 0.269 e. The molecule has 0 heterocycles. The molecule has 1 unspecified atom stereocenters. The third kappa shape index (κ3) is 5.48. The summed E-state index contributed by atoms with van der Waals surface area (Å²) in [7, 11) is 1.87. The minimum atomic E-state index is -0.455. The molecule has 0 bridgehead atoms. The van der Waals surface area contributed by atoms with Gasteiger partial charge in [0.25, 0.3) is 5.69 Å². The molecule has 2 N–H and O–H groups in total. The summed E-state index contributed by atoms with van der Waals surface area (Å²) < 4.78 is 0. The predicted octanol–water partition coefficient (Wildman–Crippen LogP) is 1.11. The lowest BCUT2D eigenvalue weighted by molar-refractivity contribution is -0.384. The lowest BCUT2D eigenvalue weighted by Gasteiger charge is -2.11. The fraction of sp³-hybridized carbons (Fsp3) is 0.462. The van der Waals surface area contributed by atoms with Gasteiger partial charge >= 0.3 is 0 Å². The average molecular weight is 265 g/mol. The third-order valence-corrected chi connectivity index (χ3v) is 2.71. The Kier molecular flexibility index (Phi) is 5.95. The van der Waals surface area contributed by atoms with Gasteiger partial charge in [-0.25, -0.2) is 0 Å². The molecule has 0 aromatic heterocycles. The highest BCUT2D eigenvalue weighted by Gasteiger charge is 2.08. The molecule has 0 aliphatic heterocycles. The summed E-state index contributed by atoms with van der Waals surface area (Å²) in [6.07, 6.45) is 0.240. The number of nitro groups is 1. The predicted molar refractivity (Wildman–Crippen MR) is 72.9 cm³/mol. The van der Waals surface area contributed by atoms with E-state index in [4.69, 9.17) is 0 Å². The van der Waals surface area contributed by atoms with Crippen LogP contribution in [0.15, 0.2) is 24.3 Å². The molecular formula is C13H19N3O3. The maximum atomic E-state index is 11.7. The number of benzene rings is 1. The number of hydrogen-bond donors (Lipinski definition) is 2. The average Bonchev–Trinajstić information content (AvgIpc) is 2.37. The molecule has 0 aliphatic rings. The molecule has 6 nitrogen and oxygen atoms in total. The smallest absolute Gasteiger partial charge is 0.269 e. The van der Waals surface area contributed by atoms with E-state index in [1.54, 1.807) is 12.1 Å². The lowest BCUT2D eigenvalue weighted by Crippen LogP contribution is -2.33. The van der Waals surface area contributed by atoms with Gasteiger partial charge in [0, 0.05) is 18.7 Å². The maximum absolute atomic E-state index is 11.7. The standard InChI is InChI=1S/C13H19N3O3/c1-10(8-14-2)9-15-13(17)7-11-3-5-12(6-4-11)16(18)19/h3-6,10,14H,7-9H2,1-2H3,(H,15,17). The van der Waals surface area contributed by atoms with E-state index in [2.05, 4.69) is 10.6 Å². The van der Waals surface area contributed by atoms with Gasteiger partial charge in [0.15, 0.2) is 0 Å². The minimum absolute atomic E-state index is 0.0341. The number of carbonyl (C=O) groups excluding carboxylic acids is 1. The Morgan fingerprint density at radius 1 is 1.32 bits per heavy atom. The number of non-ortho nitro benzene ring substituents is 1. The van der Waals surface area contributed by atoms with Crippen LogP contribution in [0.4, 0.5) is 5.69 Å². The molecule has 1 rings (SSSR count). The van der Waals surface area contributed by atoms with Crippen LogP contribution in [0.25, 0.3) is 0 Å². The van der Waals surface area contributed by atoms with Gasteiger partial charge in [-0.1, -0.05) is 19.1 Å². The van der Waals surface area contributed by atoms with Crippen molar-refractivity contribution >= 4 is 11.6 Å². The number of nitrogens with one attached hydrogen (secondary N) is 2. The van der Waals surface area contributed by atoms with E-state index < -0.39 is 4.92 Å². The molecule has 1 amide bonds. The molecule has 1 aromatic rings. The van der Waals surface area contributed by atoms with Crippen LogP contribution >= 0.6 is 0 Å². The highest BCUT2D eigenvalue weighted by Crippen LogP contribution is 2.12. The van der Waals surface area contributed by atoms with Crippen LogP contribution < -0.4 is 10.6 Å². The van der Waals surface area contributed by atoms with Crippen LogP contribution in [-0.2, 0) is 11.2 Å². The Morgan fingerprint density at radius 2 is 1.95 bits per heavy atom. The summed E-state index contributed by atoms with van der Waals surface area (Å²) >= 11 is 0. The van der Waals surface area contributed by atoms with Gasteiger partial charge in [0.1, 0.15) is 0 Å². The molecule has 0 fully saturated rings. The molecule has 0 aliphatic carbocycles. The van der Waals surface area contributed by atoms with E-state index in [1.165, 1.54) is 12.1 Å². The van der Waals surface area contributed by atoms with Crippen molar-refractivity contribution in [2.24, 2.45) is 5.92 Å². The Bertz CT molecular complexity index is 431. The molecule has 1 aromatic carbocycles. The largest absolute Gasteiger partial charge is 0.355 e. The van der Waals surface area contributed by atoms with E-state index in [0.717, 1.165) is 12.1 Å². The van der Waals surface area contributed by atoms with Gasteiger partial charge < -0.3 is 10.6 Å². The Morgan fingerprint density at radius 3 is 2.47 bits per heavy atom. The van der Waals surface area contributed by atoms with Crippen molar-refractivity contribution in [2.45, 2.75) is 13.3 Å². The highest BCUT2D eigenvalue weighted by molar-refractivity contribution is 5.78. The molecule has 0 saturated heterocycles. The summed E-state index contributed by atoms with van der Waals surface area (Å²) in [5.41, 5.74) is 0.802. The summed E-state index contributed by atoms with van der Waals surface area (Å²) in [5, 5.41) is 16.4. The second-order valence-electron chi connectivity index (χ2n) is 4.57. The summed E-state index contributed by atoms with van der Waals surface area (Å²) in [4.78, 5) is 21.7. The molecule has 1 atom stereocenters. The normalized spacial score (nSPS) is 11.9. The summed E-state index contributed by atoms with van der Waals surface area (Å²) in [5.74, 6) is 0.294. The number of amides is 1. The Balaban J connectivity index is 2.42. The Labute approximate surface area is 112 Å². The molecular weight excluding hydrogens is 246 g/mol. The fourth-order valence-corrected chi connectivity index (χ4v) is 1.69. The van der Waals surface area contributed by atoms with E-state index in [-0.39, 0.29) is 18.0 Å². The van der Waals surface area contributed by atoms with Crippen molar-refractivity contribution in [3.8, 4) is 0 Å². The SMILES string of the molecule is CNCC(C)CNC(=O)Cc1ccc([N+](=O)[O-])cc1. The van der Waals surface area contributed by atoms with E-state index in [9.17, 15) is 14.9 Å². The van der Waals surface area contributed by atoms with Crippen LogP contribution in [0.3, 0.4) is 0 Å². The molecule has 104 valence electrons. The van der Waals surface area contributed by atoms with Crippen molar-refractivity contribution in [3.05, 3.63) is 39.9 Å². The van der Waals surface area contributed by atoms with Crippen LogP contribution in [0.2, 0.25) is 0 Å². The second-order valence-corrected chi connectivity index (χ2v) is 4.57. The van der Waals surface area contributed by atoms with Crippen molar-refractivity contribution in [1.29, 1.82) is 0 Å². The van der Waals surface area contributed by atoms with E-state index >= 15 is 0 Å². The van der Waals surface area contributed by atoms with E-state index in [1.807, 2.05) is 14.0 Å². The molecule has 19 heavy (non-hydrogen) atoms. The zero-order chi connectivity index (χ0) is 14.3. The van der Waals surface area contributed by atoms with E-state index in [0.29, 0.717) is 12.5 Å². The zero-order valence-corrected chi connectivity index (χ0v) is 11.2. The quantitative estimate of drug-likeness (QED) is 0.571. The van der Waals surface area contributed by atoms with Gasteiger partial charge in [-0.2, -0.15) is 0 Å². The van der Waals surface area contributed by atoms with Crippen molar-refractivity contribution < 1.29 is 9.72 Å². The van der Waals surface area contributed by atoms with Gasteiger partial charge in [0.2, 0.25) is 5.91 Å². The summed E-state index contributed by atoms with van der Waals surface area (Å²) in [6, 6.07) is 6.03. The summed E-state index contributed by atoms with van der Waals surface area (Å²) in [6.45, 7) is 3.51. The van der Waals surface area contributed by atoms with Gasteiger partial charge in [-0.05, 0) is 25.1 Å². The number of nitro benzene ring substituents is 1. The Hall–Kier alpha value is -1.95. The number of hydrogen-bond acceptors (Lipinski definition) is 4. The van der Waals surface area contributed by atoms with Gasteiger partial charge in [-0.15, -0.1) is 0 Å². The first-order valence-electron chi connectivity index (χ1n) is 6.17. The first-order valence-corrected chi connectivity index (χ1v) is 6.17. The van der Waals surface area contributed by atoms with Crippen molar-refractivity contribution in [1.82, 2.24) is 10.6 Å². The van der Waals surface area contributed by atoms with Crippen molar-refractivity contribution in [3.63, 3.8) is 0 Å². The highest BCUT2D eigenvalue weighted by atomic mass is 16.6. The first-order chi connectivity index (χ1) is 9.02. The molecule has 0 radical (unpaired) electrons. The molecule has 0 saturated carbocycles. The van der Waals surface area contributed by atoms with Crippen LogP contribution in [-0.4, -0.2) is 31.0 Å². The fourth-order valence-electron chi connectivity index (χ4n) is 1.69. The number of carbonyl (C=O) groups is 1. The number of nitrogens with zero attached hydrogens (tertiary/aromatic N) is 1. The zero-order valence-electron chi connectivity index (χ0n) is 11.2. The van der Waals surface area contributed by atoms with Crippen LogP contribution in [0.5, 0.6) is 0 Å². The number of rotatable bonds is 7.